The number of fused-ring (bicyclic) bond motifs is 1. The Morgan fingerprint density at radius 2 is 2.08 bits per heavy atom. The number of carboxylic acids is 1. The van der Waals surface area contributed by atoms with E-state index in [1.165, 1.54) is 27.9 Å². The molecule has 26 heavy (non-hydrogen) atoms. The quantitative estimate of drug-likeness (QED) is 0.526. The monoisotopic (exact) mass is 405 g/mol. The molecule has 2 saturated heterocycles. The van der Waals surface area contributed by atoms with Gasteiger partial charge in [0.1, 0.15) is 5.70 Å². The van der Waals surface area contributed by atoms with Crippen molar-refractivity contribution < 1.29 is 28.2 Å². The second-order valence-corrected chi connectivity index (χ2v) is 9.95. The summed E-state index contributed by atoms with van der Waals surface area (Å²) in [6.07, 6.45) is 0.525. The maximum Gasteiger partial charge on any atom is 0.353 e. The van der Waals surface area contributed by atoms with Crippen molar-refractivity contribution >= 4 is 33.8 Å². The molecular weight excluding hydrogens is 382 g/mol. The Kier molecular flexibility index (Phi) is 5.12. The number of thioether (sulfide) groups is 1. The van der Waals surface area contributed by atoms with Gasteiger partial charge in [-0.15, -0.1) is 11.8 Å². The number of aliphatic hydroxyl groups is 1. The molecule has 0 radical (unpaired) electrons. The van der Waals surface area contributed by atoms with Gasteiger partial charge in [0.05, 0.1) is 18.1 Å². The normalized spacial score (nSPS) is 33.8. The van der Waals surface area contributed by atoms with Crippen LogP contribution in [0.15, 0.2) is 10.6 Å². The van der Waals surface area contributed by atoms with Crippen LogP contribution >= 0.6 is 11.8 Å². The van der Waals surface area contributed by atoms with Crippen molar-refractivity contribution in [3.8, 4) is 0 Å². The Morgan fingerprint density at radius 3 is 2.62 bits per heavy atom. The first kappa shape index (κ1) is 19.6. The molecule has 5 atom stereocenters. The number of carboxylic acid groups (broad SMARTS) is 1. The number of nitrogens with two attached hydrogens (primary N) is 1. The molecule has 0 aromatic heterocycles. The molecule has 1 unspecified atom stereocenters. The summed E-state index contributed by atoms with van der Waals surface area (Å²) >= 11 is 1.32. The van der Waals surface area contributed by atoms with Gasteiger partial charge in [-0.25, -0.2) is 9.93 Å². The predicted molar refractivity (Wildman–Crippen MR) is 94.9 cm³/mol. The first-order chi connectivity index (χ1) is 12.0. The number of amides is 1. The molecule has 9 nitrogen and oxygen atoms in total. The third kappa shape index (κ3) is 3.15. The van der Waals surface area contributed by atoms with E-state index in [0.29, 0.717) is 17.9 Å². The van der Waals surface area contributed by atoms with Crippen LogP contribution in [0.4, 0.5) is 0 Å². The molecule has 4 N–H and O–H groups in total. The lowest BCUT2D eigenvalue weighted by molar-refractivity contribution is -0.163. The number of carbonyl (C=O) groups excluding carboxylic acids is 1. The summed E-state index contributed by atoms with van der Waals surface area (Å²) in [4.78, 5) is 25.9. The van der Waals surface area contributed by atoms with Gasteiger partial charge in [0.25, 0.3) is 10.2 Å². The van der Waals surface area contributed by atoms with E-state index in [-0.39, 0.29) is 35.4 Å². The van der Waals surface area contributed by atoms with Crippen LogP contribution in [0.3, 0.4) is 0 Å². The number of rotatable bonds is 5. The van der Waals surface area contributed by atoms with E-state index >= 15 is 0 Å². The van der Waals surface area contributed by atoms with Crippen LogP contribution in [-0.4, -0.2) is 70.2 Å². The summed E-state index contributed by atoms with van der Waals surface area (Å²) in [5, 5.41) is 24.6. The number of carbonyl (C=O) groups is 2. The van der Waals surface area contributed by atoms with Crippen LogP contribution in [-0.2, 0) is 19.8 Å². The minimum atomic E-state index is -3.78. The molecule has 2 fully saturated rings. The highest BCUT2D eigenvalue weighted by molar-refractivity contribution is 8.03. The number of aliphatic carboxylic acids is 1. The Balaban J connectivity index is 1.84. The molecule has 3 rings (SSSR count). The predicted octanol–water partition coefficient (Wildman–Crippen LogP) is -0.459. The molecule has 1 amide bonds. The zero-order valence-corrected chi connectivity index (χ0v) is 16.2. The maximum atomic E-state index is 12.3. The van der Waals surface area contributed by atoms with Gasteiger partial charge in [-0.2, -0.15) is 12.7 Å². The lowest BCUT2D eigenvalue weighted by atomic mass is 9.79. The average molecular weight is 405 g/mol. The van der Waals surface area contributed by atoms with Crippen molar-refractivity contribution in [2.24, 2.45) is 17.0 Å². The molecule has 0 bridgehead atoms. The zero-order valence-electron chi connectivity index (χ0n) is 14.5. The van der Waals surface area contributed by atoms with Gasteiger partial charge in [-0.1, -0.05) is 6.92 Å². The van der Waals surface area contributed by atoms with E-state index in [4.69, 9.17) is 5.14 Å². The number of hydrogen-bond donors (Lipinski definition) is 3. The van der Waals surface area contributed by atoms with Gasteiger partial charge < -0.3 is 15.1 Å². The van der Waals surface area contributed by atoms with E-state index in [1.807, 2.05) is 6.92 Å². The Bertz CT molecular complexity index is 765. The fourth-order valence-electron chi connectivity index (χ4n) is 4.09. The molecule has 0 spiro atoms. The summed E-state index contributed by atoms with van der Waals surface area (Å²) in [5.74, 6) is -2.39. The number of aliphatic hydroxyl groups excluding tert-OH is 1. The highest BCUT2D eigenvalue weighted by Gasteiger charge is 2.60. The summed E-state index contributed by atoms with van der Waals surface area (Å²) < 4.78 is 24.4. The van der Waals surface area contributed by atoms with Gasteiger partial charge in [-0.3, -0.25) is 4.79 Å². The molecule has 146 valence electrons. The van der Waals surface area contributed by atoms with Crippen LogP contribution in [0.25, 0.3) is 0 Å². The first-order valence-electron chi connectivity index (χ1n) is 8.47. The van der Waals surface area contributed by atoms with Crippen molar-refractivity contribution in [3.63, 3.8) is 0 Å². The molecule has 0 aliphatic carbocycles. The minimum absolute atomic E-state index is 0.0397. The van der Waals surface area contributed by atoms with Crippen LogP contribution in [0, 0.1) is 11.8 Å². The zero-order chi connectivity index (χ0) is 19.4. The molecule has 0 saturated carbocycles. The Labute approximate surface area is 156 Å². The molecule has 3 aliphatic heterocycles. The lowest BCUT2D eigenvalue weighted by Crippen LogP contribution is -2.63. The maximum absolute atomic E-state index is 12.3. The topological polar surface area (TPSA) is 141 Å². The van der Waals surface area contributed by atoms with Crippen LogP contribution in [0.5, 0.6) is 0 Å². The van der Waals surface area contributed by atoms with E-state index in [2.05, 4.69) is 0 Å². The highest BCUT2D eigenvalue weighted by Crippen LogP contribution is 2.51. The molecule has 11 heteroatoms. The molecule has 0 aromatic carbocycles. The van der Waals surface area contributed by atoms with Crippen molar-refractivity contribution in [2.45, 2.75) is 44.1 Å². The van der Waals surface area contributed by atoms with Crippen molar-refractivity contribution in [1.82, 2.24) is 9.21 Å². The van der Waals surface area contributed by atoms with Gasteiger partial charge in [0.2, 0.25) is 5.91 Å². The van der Waals surface area contributed by atoms with Gasteiger partial charge in [0.15, 0.2) is 0 Å². The highest BCUT2D eigenvalue weighted by atomic mass is 32.2. The van der Waals surface area contributed by atoms with Crippen molar-refractivity contribution in [3.05, 3.63) is 10.6 Å². The largest absolute Gasteiger partial charge is 0.477 e. The van der Waals surface area contributed by atoms with Crippen LogP contribution < -0.4 is 5.14 Å². The van der Waals surface area contributed by atoms with Gasteiger partial charge >= 0.3 is 5.97 Å². The minimum Gasteiger partial charge on any atom is -0.477 e. The summed E-state index contributed by atoms with van der Waals surface area (Å²) in [6, 6.07) is -0.367. The second-order valence-electron chi connectivity index (χ2n) is 7.06. The van der Waals surface area contributed by atoms with E-state index in [1.54, 1.807) is 0 Å². The molecule has 3 aliphatic rings. The average Bonchev–Trinajstić information content (AvgIpc) is 2.76. The third-order valence-electron chi connectivity index (χ3n) is 5.31. The third-order valence-corrected chi connectivity index (χ3v) is 7.89. The molecular formula is C15H23N3O6S2. The number of piperidine rings is 1. The van der Waals surface area contributed by atoms with E-state index in [9.17, 15) is 28.2 Å². The lowest BCUT2D eigenvalue weighted by Gasteiger charge is -2.46. The van der Waals surface area contributed by atoms with E-state index in [0.717, 1.165) is 6.42 Å². The second kappa shape index (κ2) is 6.79. The standard InChI is InChI=1S/C15H23N3O6S2/c1-7-11-10(8(2)19)14(20)18(11)12(15(21)22)13(7)25-9-4-3-5-17(6-9)26(16,23)24/h7-11,19H,3-6H2,1-2H3,(H,21,22)(H2,16,23,24)/t7-,8-,9?,10-,11-/m1/s1. The molecule has 3 heterocycles. The van der Waals surface area contributed by atoms with Gasteiger partial charge in [-0.05, 0) is 19.8 Å². The first-order valence-corrected chi connectivity index (χ1v) is 10.9. The van der Waals surface area contributed by atoms with Crippen LogP contribution in [0.1, 0.15) is 26.7 Å². The number of hydrogen-bond acceptors (Lipinski definition) is 6. The van der Waals surface area contributed by atoms with E-state index < -0.39 is 28.2 Å². The number of nitrogens with zero attached hydrogens (tertiary/aromatic N) is 2. The fraction of sp³-hybridized carbons (Fsp3) is 0.733. The number of β-lactam (4-membered cyclic amide) rings is 1. The SMILES string of the molecule is C[C@@H](O)[C@H]1C(=O)N2C(C(=O)O)=C(SC3CCCN(S(N)(=O)=O)C3)[C@H](C)[C@H]12. The van der Waals surface area contributed by atoms with Gasteiger partial charge in [0, 0.05) is 29.2 Å². The smallest absolute Gasteiger partial charge is 0.353 e. The van der Waals surface area contributed by atoms with Crippen molar-refractivity contribution in [1.29, 1.82) is 0 Å². The van der Waals surface area contributed by atoms with Crippen molar-refractivity contribution in [2.75, 3.05) is 13.1 Å². The molecule has 0 aromatic rings. The fourth-order valence-corrected chi connectivity index (χ4v) is 6.51. The van der Waals surface area contributed by atoms with Crippen LogP contribution in [0.2, 0.25) is 0 Å². The Hall–Kier alpha value is -1.14. The summed E-state index contributed by atoms with van der Waals surface area (Å²) in [6.45, 7) is 3.94. The Morgan fingerprint density at radius 1 is 1.42 bits per heavy atom. The summed E-state index contributed by atoms with van der Waals surface area (Å²) in [5.41, 5.74) is -0.0397. The summed E-state index contributed by atoms with van der Waals surface area (Å²) in [7, 11) is -3.78.